The van der Waals surface area contributed by atoms with Crippen molar-refractivity contribution >= 4 is 39.1 Å². The molecule has 1 aliphatic heterocycles. The van der Waals surface area contributed by atoms with E-state index in [0.29, 0.717) is 35.3 Å². The predicted octanol–water partition coefficient (Wildman–Crippen LogP) is 4.04. The third-order valence-electron chi connectivity index (χ3n) is 6.49. The van der Waals surface area contributed by atoms with Gasteiger partial charge in [-0.25, -0.2) is 8.42 Å². The van der Waals surface area contributed by atoms with Crippen LogP contribution in [-0.4, -0.2) is 63.2 Å². The van der Waals surface area contributed by atoms with E-state index in [4.69, 9.17) is 21.1 Å². The molecule has 2 amide bonds. The van der Waals surface area contributed by atoms with Gasteiger partial charge in [-0.1, -0.05) is 60.1 Å². The number of hydrogen-bond donors (Lipinski definition) is 1. The van der Waals surface area contributed by atoms with Crippen LogP contribution in [0.3, 0.4) is 0 Å². The molecule has 1 atom stereocenters. The molecular weight excluding hydrogens is 566 g/mol. The summed E-state index contributed by atoms with van der Waals surface area (Å²) < 4.78 is 38.2. The largest absolute Gasteiger partial charge is 0.486 e. The lowest BCUT2D eigenvalue weighted by molar-refractivity contribution is -0.140. The van der Waals surface area contributed by atoms with Crippen molar-refractivity contribution in [2.24, 2.45) is 0 Å². The van der Waals surface area contributed by atoms with Gasteiger partial charge in [0, 0.05) is 30.1 Å². The first kappa shape index (κ1) is 30.2. The summed E-state index contributed by atoms with van der Waals surface area (Å²) in [5, 5.41) is 3.35. The average molecular weight is 600 g/mol. The third kappa shape index (κ3) is 7.92. The Kier molecular flexibility index (Phi) is 9.77. The molecule has 0 saturated carbocycles. The number of carbonyl (C=O) groups excluding carboxylic acids is 2. The topological polar surface area (TPSA) is 105 Å². The van der Waals surface area contributed by atoms with Crippen LogP contribution in [0.5, 0.6) is 11.5 Å². The number of nitrogens with zero attached hydrogens (tertiary/aromatic N) is 2. The summed E-state index contributed by atoms with van der Waals surface area (Å²) >= 11 is 6.47. The Morgan fingerprint density at radius 3 is 2.27 bits per heavy atom. The van der Waals surface area contributed by atoms with Gasteiger partial charge in [-0.15, -0.1) is 0 Å². The van der Waals surface area contributed by atoms with E-state index in [1.807, 2.05) is 44.2 Å². The van der Waals surface area contributed by atoms with Crippen molar-refractivity contribution in [3.8, 4) is 11.5 Å². The number of rotatable bonds is 11. The highest BCUT2D eigenvalue weighted by Gasteiger charge is 2.34. The minimum Gasteiger partial charge on any atom is -0.486 e. The summed E-state index contributed by atoms with van der Waals surface area (Å²) in [7, 11) is -3.92. The fourth-order valence-corrected chi connectivity index (χ4v) is 5.58. The molecule has 41 heavy (non-hydrogen) atoms. The van der Waals surface area contributed by atoms with E-state index in [9.17, 15) is 18.0 Å². The zero-order valence-corrected chi connectivity index (χ0v) is 24.8. The molecule has 218 valence electrons. The number of nitrogens with one attached hydrogen (secondary N) is 1. The number of anilines is 1. The predicted molar refractivity (Wildman–Crippen MR) is 159 cm³/mol. The molecule has 4 rings (SSSR count). The molecule has 0 aromatic heterocycles. The third-order valence-corrected chi connectivity index (χ3v) is 8.00. The van der Waals surface area contributed by atoms with Gasteiger partial charge in [-0.2, -0.15) is 0 Å². The number of ether oxygens (including phenoxy) is 2. The first-order valence-corrected chi connectivity index (χ1v) is 15.5. The maximum absolute atomic E-state index is 14.1. The molecule has 1 aliphatic rings. The Morgan fingerprint density at radius 1 is 0.951 bits per heavy atom. The summed E-state index contributed by atoms with van der Waals surface area (Å²) in [6.07, 6.45) is 1.25. The molecule has 11 heteroatoms. The fourth-order valence-electron chi connectivity index (χ4n) is 4.55. The number of halogens is 1. The zero-order valence-electron chi connectivity index (χ0n) is 23.2. The molecule has 0 fully saturated rings. The number of benzene rings is 3. The summed E-state index contributed by atoms with van der Waals surface area (Å²) in [5.74, 6) is -0.0333. The van der Waals surface area contributed by atoms with E-state index in [1.165, 1.54) is 11.0 Å². The van der Waals surface area contributed by atoms with Crippen molar-refractivity contribution in [1.82, 2.24) is 10.2 Å². The highest BCUT2D eigenvalue weighted by Crippen LogP contribution is 2.35. The minimum absolute atomic E-state index is 0.000261. The lowest BCUT2D eigenvalue weighted by Crippen LogP contribution is -2.54. The lowest BCUT2D eigenvalue weighted by atomic mass is 10.0. The molecule has 9 nitrogen and oxygen atoms in total. The van der Waals surface area contributed by atoms with Crippen LogP contribution in [0.25, 0.3) is 0 Å². The second kappa shape index (κ2) is 13.3. The average Bonchev–Trinajstić information content (AvgIpc) is 2.93. The molecule has 3 aromatic carbocycles. The van der Waals surface area contributed by atoms with Crippen molar-refractivity contribution in [3.63, 3.8) is 0 Å². The maximum Gasteiger partial charge on any atom is 0.244 e. The first-order valence-electron chi connectivity index (χ1n) is 13.3. The Bertz CT molecular complexity index is 1480. The maximum atomic E-state index is 14.1. The van der Waals surface area contributed by atoms with E-state index < -0.39 is 28.5 Å². The van der Waals surface area contributed by atoms with Crippen molar-refractivity contribution in [1.29, 1.82) is 0 Å². The van der Waals surface area contributed by atoms with Crippen molar-refractivity contribution in [3.05, 3.63) is 88.9 Å². The van der Waals surface area contributed by atoms with Crippen LogP contribution in [0.2, 0.25) is 5.02 Å². The van der Waals surface area contributed by atoms with Crippen LogP contribution in [0.1, 0.15) is 25.0 Å². The van der Waals surface area contributed by atoms with E-state index in [2.05, 4.69) is 5.32 Å². The quantitative estimate of drug-likeness (QED) is 0.357. The Hall–Kier alpha value is -3.76. The molecular formula is C30H34ClN3O6S. The van der Waals surface area contributed by atoms with Crippen LogP contribution >= 0.6 is 11.6 Å². The lowest BCUT2D eigenvalue weighted by Gasteiger charge is -2.34. The Balaban J connectivity index is 1.74. The standard InChI is InChI=1S/C30H34ClN3O6S/c1-21(2)32-30(36)26(17-22-9-5-4-6-10-22)33(19-23-11-7-8-12-25(23)31)29(35)20-34(41(3,37)38)24-13-14-27-28(18-24)40-16-15-39-27/h4-14,18,21,26H,15-17,19-20H2,1-3H3,(H,32,36)/t26-/m1/s1. The normalized spacial score (nSPS) is 13.4. The summed E-state index contributed by atoms with van der Waals surface area (Å²) in [6.45, 7) is 3.85. The fraction of sp³-hybridized carbons (Fsp3) is 0.333. The monoisotopic (exact) mass is 599 g/mol. The van der Waals surface area contributed by atoms with Gasteiger partial charge >= 0.3 is 0 Å². The van der Waals surface area contributed by atoms with Crippen LogP contribution in [0, 0.1) is 0 Å². The van der Waals surface area contributed by atoms with Crippen LogP contribution in [0.15, 0.2) is 72.8 Å². The molecule has 0 aliphatic carbocycles. The molecule has 0 saturated heterocycles. The number of hydrogen-bond acceptors (Lipinski definition) is 6. The van der Waals surface area contributed by atoms with E-state index in [1.54, 1.807) is 36.4 Å². The SMILES string of the molecule is CC(C)NC(=O)[C@@H](Cc1ccccc1)N(Cc1ccccc1Cl)C(=O)CN(c1ccc2c(c1)OCCO2)S(C)(=O)=O. The molecule has 0 radical (unpaired) electrons. The van der Waals surface area contributed by atoms with Crippen molar-refractivity contribution in [2.75, 3.05) is 30.3 Å². The molecule has 0 bridgehead atoms. The smallest absolute Gasteiger partial charge is 0.244 e. The van der Waals surface area contributed by atoms with Gasteiger partial charge in [-0.05, 0) is 43.2 Å². The summed E-state index contributed by atoms with van der Waals surface area (Å²) in [4.78, 5) is 29.1. The Morgan fingerprint density at radius 2 is 1.61 bits per heavy atom. The van der Waals surface area contributed by atoms with Crippen LogP contribution < -0.4 is 19.1 Å². The van der Waals surface area contributed by atoms with E-state index >= 15 is 0 Å². The number of sulfonamides is 1. The summed E-state index contributed by atoms with van der Waals surface area (Å²) in [5.41, 5.74) is 1.72. The van der Waals surface area contributed by atoms with Crippen molar-refractivity contribution < 1.29 is 27.5 Å². The van der Waals surface area contributed by atoms with Crippen LogP contribution in [-0.2, 0) is 32.6 Å². The number of amides is 2. The molecule has 1 heterocycles. The minimum atomic E-state index is -3.92. The van der Waals surface area contributed by atoms with Gasteiger partial charge in [0.1, 0.15) is 25.8 Å². The van der Waals surface area contributed by atoms with Gasteiger partial charge in [0.2, 0.25) is 21.8 Å². The Labute approximate surface area is 246 Å². The van der Waals surface area contributed by atoms with Gasteiger partial charge in [0.05, 0.1) is 11.9 Å². The molecule has 0 unspecified atom stereocenters. The van der Waals surface area contributed by atoms with E-state index in [-0.39, 0.29) is 30.6 Å². The molecule has 1 N–H and O–H groups in total. The number of fused-ring (bicyclic) bond motifs is 1. The highest BCUT2D eigenvalue weighted by molar-refractivity contribution is 7.92. The highest BCUT2D eigenvalue weighted by atomic mass is 35.5. The van der Waals surface area contributed by atoms with Gasteiger partial charge in [-0.3, -0.25) is 13.9 Å². The van der Waals surface area contributed by atoms with Gasteiger partial charge < -0.3 is 19.7 Å². The number of carbonyl (C=O) groups is 2. The zero-order chi connectivity index (χ0) is 29.6. The molecule has 3 aromatic rings. The van der Waals surface area contributed by atoms with E-state index in [0.717, 1.165) is 16.1 Å². The van der Waals surface area contributed by atoms with Crippen LogP contribution in [0.4, 0.5) is 5.69 Å². The van der Waals surface area contributed by atoms with Gasteiger partial charge in [0.15, 0.2) is 11.5 Å². The first-order chi connectivity index (χ1) is 19.5. The van der Waals surface area contributed by atoms with Crippen molar-refractivity contribution in [2.45, 2.75) is 38.9 Å². The second-order valence-corrected chi connectivity index (χ2v) is 12.4. The second-order valence-electron chi connectivity index (χ2n) is 10.1. The summed E-state index contributed by atoms with van der Waals surface area (Å²) in [6, 6.07) is 20.0. The van der Waals surface area contributed by atoms with Gasteiger partial charge in [0.25, 0.3) is 0 Å². The molecule has 0 spiro atoms.